The van der Waals surface area contributed by atoms with Crippen LogP contribution in [0.4, 0.5) is 0 Å². The molecule has 1 amide bonds. The van der Waals surface area contributed by atoms with E-state index in [1.54, 1.807) is 24.3 Å². The van der Waals surface area contributed by atoms with Crippen LogP contribution in [0, 0.1) is 5.92 Å². The number of allylic oxidation sites excluding steroid dienone is 4. The highest BCUT2D eigenvalue weighted by Crippen LogP contribution is 2.29. The Kier molecular flexibility index (Phi) is 10.6. The third-order valence-corrected chi connectivity index (χ3v) is 7.54. The zero-order chi connectivity index (χ0) is 24.5. The van der Waals surface area contributed by atoms with E-state index in [1.165, 1.54) is 57.3 Å². The number of benzene rings is 1. The highest BCUT2D eigenvalue weighted by molar-refractivity contribution is 6.31. The summed E-state index contributed by atoms with van der Waals surface area (Å²) in [7, 11) is 0. The standard InChI is InChI=1S/C28H39Cl2N3O/c1-4-21(3)27(33-16-12-22(13-17-33)20-32-14-7-6-8-15-32)26(19-24(29)5-2)31-28(34)23-10-9-11-25(30)18-23/h5,9-11,18-19,22H,4,6-8,12-17,20H2,1-3H3,(H,31,34). The Morgan fingerprint density at radius 2 is 1.85 bits per heavy atom. The second-order valence-electron chi connectivity index (χ2n) is 9.47. The first-order valence-corrected chi connectivity index (χ1v) is 13.4. The maximum absolute atomic E-state index is 13.1. The lowest BCUT2D eigenvalue weighted by atomic mass is 9.94. The molecule has 0 saturated carbocycles. The third-order valence-electron chi connectivity index (χ3n) is 6.98. The van der Waals surface area contributed by atoms with E-state index < -0.39 is 0 Å². The minimum absolute atomic E-state index is 0.185. The molecule has 186 valence electrons. The molecule has 2 aliphatic rings. The summed E-state index contributed by atoms with van der Waals surface area (Å²) in [4.78, 5) is 18.2. The van der Waals surface area contributed by atoms with Crippen molar-refractivity contribution in [2.75, 3.05) is 32.7 Å². The molecule has 1 aromatic rings. The van der Waals surface area contributed by atoms with Gasteiger partial charge in [-0.3, -0.25) is 4.79 Å². The number of carbonyl (C=O) groups excluding carboxylic acids is 1. The Morgan fingerprint density at radius 1 is 1.15 bits per heavy atom. The smallest absolute Gasteiger partial charge is 0.255 e. The Morgan fingerprint density at radius 3 is 2.47 bits per heavy atom. The molecule has 2 fully saturated rings. The van der Waals surface area contributed by atoms with E-state index >= 15 is 0 Å². The van der Waals surface area contributed by atoms with Crippen LogP contribution in [0.25, 0.3) is 0 Å². The lowest BCUT2D eigenvalue weighted by molar-refractivity contribution is 0.0963. The second kappa shape index (κ2) is 13.4. The number of carbonyl (C=O) groups is 1. The van der Waals surface area contributed by atoms with Crippen LogP contribution in [0.5, 0.6) is 0 Å². The molecule has 4 nitrogen and oxygen atoms in total. The van der Waals surface area contributed by atoms with Crippen molar-refractivity contribution in [1.29, 1.82) is 0 Å². The number of nitrogens with zero attached hydrogens (tertiary/aromatic N) is 2. The Labute approximate surface area is 215 Å². The minimum Gasteiger partial charge on any atom is -0.370 e. The van der Waals surface area contributed by atoms with Crippen molar-refractivity contribution in [1.82, 2.24) is 15.1 Å². The molecule has 1 N–H and O–H groups in total. The average Bonchev–Trinajstić information content (AvgIpc) is 2.85. The van der Waals surface area contributed by atoms with Crippen LogP contribution in [-0.2, 0) is 0 Å². The van der Waals surface area contributed by atoms with Gasteiger partial charge in [-0.25, -0.2) is 0 Å². The number of halogens is 2. The van der Waals surface area contributed by atoms with Crippen molar-refractivity contribution in [3.63, 3.8) is 0 Å². The quantitative estimate of drug-likeness (QED) is 0.388. The zero-order valence-corrected chi connectivity index (χ0v) is 22.4. The third kappa shape index (κ3) is 7.63. The number of hydrogen-bond donors (Lipinski definition) is 1. The van der Waals surface area contributed by atoms with Gasteiger partial charge in [0.05, 0.1) is 11.4 Å². The van der Waals surface area contributed by atoms with E-state index in [0.717, 1.165) is 36.8 Å². The summed E-state index contributed by atoms with van der Waals surface area (Å²) >= 11 is 12.6. The normalized spacial score (nSPS) is 19.7. The number of likely N-dealkylation sites (tertiary alicyclic amines) is 2. The highest BCUT2D eigenvalue weighted by atomic mass is 35.5. The summed E-state index contributed by atoms with van der Waals surface area (Å²) in [5.41, 5.74) is 3.62. The molecule has 6 heteroatoms. The van der Waals surface area contributed by atoms with Crippen molar-refractivity contribution in [2.45, 2.75) is 59.3 Å². The van der Waals surface area contributed by atoms with Gasteiger partial charge in [-0.2, -0.15) is 0 Å². The van der Waals surface area contributed by atoms with E-state index in [0.29, 0.717) is 15.6 Å². The summed E-state index contributed by atoms with van der Waals surface area (Å²) in [6.45, 7) is 11.9. The van der Waals surface area contributed by atoms with Crippen molar-refractivity contribution >= 4 is 29.1 Å². The monoisotopic (exact) mass is 503 g/mol. The maximum Gasteiger partial charge on any atom is 0.255 e. The summed E-state index contributed by atoms with van der Waals surface area (Å²) in [5, 5.41) is 4.29. The molecule has 2 heterocycles. The Hall–Kier alpha value is -1.75. The fourth-order valence-electron chi connectivity index (χ4n) is 4.89. The van der Waals surface area contributed by atoms with Crippen LogP contribution in [0.15, 0.2) is 58.4 Å². The Bertz CT molecular complexity index is 923. The van der Waals surface area contributed by atoms with Crippen LogP contribution in [0.1, 0.15) is 69.7 Å². The molecule has 0 aliphatic carbocycles. The molecule has 3 rings (SSSR count). The highest BCUT2D eigenvalue weighted by Gasteiger charge is 2.26. The van der Waals surface area contributed by atoms with Gasteiger partial charge in [-0.15, -0.1) is 0 Å². The number of rotatable bonds is 8. The van der Waals surface area contributed by atoms with Crippen LogP contribution >= 0.6 is 23.2 Å². The predicted octanol–water partition coefficient (Wildman–Crippen LogP) is 6.98. The minimum atomic E-state index is -0.185. The largest absolute Gasteiger partial charge is 0.370 e. The van der Waals surface area contributed by atoms with E-state index in [4.69, 9.17) is 23.2 Å². The first kappa shape index (κ1) is 26.8. The summed E-state index contributed by atoms with van der Waals surface area (Å²) in [5.74, 6) is 0.556. The maximum atomic E-state index is 13.1. The van der Waals surface area contributed by atoms with Gasteiger partial charge in [-0.1, -0.05) is 48.7 Å². The van der Waals surface area contributed by atoms with Gasteiger partial charge in [-0.05, 0) is 94.8 Å². The molecule has 0 unspecified atom stereocenters. The summed E-state index contributed by atoms with van der Waals surface area (Å²) in [6, 6.07) is 7.03. The Balaban J connectivity index is 1.78. The lowest BCUT2D eigenvalue weighted by Crippen LogP contribution is -2.41. The van der Waals surface area contributed by atoms with Gasteiger partial charge in [0.15, 0.2) is 0 Å². The van der Waals surface area contributed by atoms with Gasteiger partial charge in [0.25, 0.3) is 5.91 Å². The van der Waals surface area contributed by atoms with E-state index in [-0.39, 0.29) is 5.91 Å². The lowest BCUT2D eigenvalue weighted by Gasteiger charge is -2.39. The molecule has 0 spiro atoms. The van der Waals surface area contributed by atoms with Crippen molar-refractivity contribution in [3.8, 4) is 0 Å². The fraction of sp³-hybridized carbons (Fsp3) is 0.536. The number of hydrogen-bond acceptors (Lipinski definition) is 3. The van der Waals surface area contributed by atoms with Crippen LogP contribution in [0.3, 0.4) is 0 Å². The van der Waals surface area contributed by atoms with Gasteiger partial charge in [0.2, 0.25) is 0 Å². The predicted molar refractivity (Wildman–Crippen MR) is 144 cm³/mol. The molecule has 2 aliphatic heterocycles. The van der Waals surface area contributed by atoms with E-state index in [2.05, 4.69) is 29.0 Å². The molecular weight excluding hydrogens is 465 g/mol. The topological polar surface area (TPSA) is 35.6 Å². The van der Waals surface area contributed by atoms with Crippen molar-refractivity contribution < 1.29 is 4.79 Å². The van der Waals surface area contributed by atoms with Gasteiger partial charge < -0.3 is 15.1 Å². The molecule has 0 radical (unpaired) electrons. The molecule has 2 saturated heterocycles. The van der Waals surface area contributed by atoms with Gasteiger partial charge >= 0.3 is 0 Å². The number of amides is 1. The van der Waals surface area contributed by atoms with E-state index in [9.17, 15) is 4.79 Å². The fourth-order valence-corrected chi connectivity index (χ4v) is 5.19. The number of nitrogens with one attached hydrogen (secondary N) is 1. The summed E-state index contributed by atoms with van der Waals surface area (Å²) in [6.07, 6.45) is 11.0. The summed E-state index contributed by atoms with van der Waals surface area (Å²) < 4.78 is 0. The molecular formula is C28H39Cl2N3O. The second-order valence-corrected chi connectivity index (χ2v) is 10.3. The van der Waals surface area contributed by atoms with Crippen LogP contribution in [0.2, 0.25) is 5.02 Å². The van der Waals surface area contributed by atoms with Crippen LogP contribution in [-0.4, -0.2) is 48.4 Å². The first-order chi connectivity index (χ1) is 16.4. The van der Waals surface area contributed by atoms with Crippen LogP contribution < -0.4 is 5.32 Å². The first-order valence-electron chi connectivity index (χ1n) is 12.7. The van der Waals surface area contributed by atoms with Gasteiger partial charge in [0, 0.05) is 35.3 Å². The zero-order valence-electron chi connectivity index (χ0n) is 20.9. The average molecular weight is 505 g/mol. The molecule has 34 heavy (non-hydrogen) atoms. The van der Waals surface area contributed by atoms with Crippen molar-refractivity contribution in [3.05, 3.63) is 69.0 Å². The van der Waals surface area contributed by atoms with Gasteiger partial charge in [0.1, 0.15) is 0 Å². The number of piperidine rings is 2. The molecule has 0 aromatic heterocycles. The molecule has 0 atom stereocenters. The van der Waals surface area contributed by atoms with Crippen molar-refractivity contribution in [2.24, 2.45) is 5.92 Å². The van der Waals surface area contributed by atoms with E-state index in [1.807, 2.05) is 19.1 Å². The SMILES string of the molecule is CC=C(Cl)C=C(NC(=O)c1cccc(Cl)c1)C(=C(C)CC)N1CCC(CN2CCCCC2)CC1. The molecule has 0 bridgehead atoms. The molecule has 1 aromatic carbocycles.